The number of aliphatic hydroxyl groups excluding tert-OH is 1. The third-order valence-corrected chi connectivity index (χ3v) is 6.28. The van der Waals surface area contributed by atoms with Crippen molar-refractivity contribution < 1.29 is 28.2 Å². The summed E-state index contributed by atoms with van der Waals surface area (Å²) in [6, 6.07) is 14.2. The van der Waals surface area contributed by atoms with Gasteiger partial charge in [-0.1, -0.05) is 24.3 Å². The fraction of sp³-hybridized carbons (Fsp3) is 0.185. The van der Waals surface area contributed by atoms with Crippen LogP contribution in [-0.4, -0.2) is 22.9 Å². The van der Waals surface area contributed by atoms with Crippen molar-refractivity contribution in [2.24, 2.45) is 0 Å². The number of ketones is 1. The number of hydrogen-bond donors (Lipinski definition) is 1. The Hall–Kier alpha value is -4.00. The molecule has 0 saturated carbocycles. The van der Waals surface area contributed by atoms with Crippen molar-refractivity contribution in [3.8, 4) is 5.75 Å². The Morgan fingerprint density at radius 1 is 1.03 bits per heavy atom. The summed E-state index contributed by atoms with van der Waals surface area (Å²) in [5.74, 6) is -3.67. The van der Waals surface area contributed by atoms with Gasteiger partial charge >= 0.3 is 0 Å². The van der Waals surface area contributed by atoms with E-state index in [0.29, 0.717) is 23.3 Å². The van der Waals surface area contributed by atoms with E-state index < -0.39 is 29.4 Å². The van der Waals surface area contributed by atoms with Crippen molar-refractivity contribution in [2.75, 3.05) is 4.90 Å². The van der Waals surface area contributed by atoms with Gasteiger partial charge in [0, 0.05) is 23.7 Å². The van der Waals surface area contributed by atoms with Crippen LogP contribution in [0.1, 0.15) is 35.2 Å². The van der Waals surface area contributed by atoms with E-state index in [4.69, 9.17) is 4.74 Å². The smallest absolute Gasteiger partial charge is 0.300 e. The zero-order valence-electron chi connectivity index (χ0n) is 18.5. The summed E-state index contributed by atoms with van der Waals surface area (Å²) in [7, 11) is 0. The number of hydrogen-bond acceptors (Lipinski definition) is 4. The molecule has 2 aliphatic rings. The number of nitrogens with zero attached hydrogens (tertiary/aromatic N) is 1. The maximum Gasteiger partial charge on any atom is 0.300 e. The van der Waals surface area contributed by atoms with Crippen molar-refractivity contribution in [3.63, 3.8) is 0 Å². The Kier molecular flexibility index (Phi) is 5.20. The number of aryl methyl sites for hydroxylation is 1. The van der Waals surface area contributed by atoms with Crippen LogP contribution in [0.2, 0.25) is 0 Å². The first-order valence-corrected chi connectivity index (χ1v) is 10.9. The number of Topliss-reactive ketones (excluding diaryl/α,β-unsaturated/α-hetero) is 1. The van der Waals surface area contributed by atoms with Crippen LogP contribution in [0.4, 0.5) is 14.5 Å². The Morgan fingerprint density at radius 3 is 2.53 bits per heavy atom. The number of carbonyl (C=O) groups is 2. The van der Waals surface area contributed by atoms with E-state index in [2.05, 4.69) is 0 Å². The summed E-state index contributed by atoms with van der Waals surface area (Å²) >= 11 is 0. The number of ether oxygens (including phenoxy) is 1. The average molecular weight is 461 g/mol. The van der Waals surface area contributed by atoms with E-state index in [1.807, 2.05) is 26.0 Å². The van der Waals surface area contributed by atoms with Crippen molar-refractivity contribution in [2.45, 2.75) is 32.4 Å². The highest BCUT2D eigenvalue weighted by Gasteiger charge is 2.47. The number of amides is 1. The van der Waals surface area contributed by atoms with Gasteiger partial charge in [-0.2, -0.15) is 0 Å². The number of aliphatic hydroxyl groups is 1. The molecule has 2 aliphatic heterocycles. The van der Waals surface area contributed by atoms with E-state index >= 15 is 0 Å². The molecule has 5 nitrogen and oxygen atoms in total. The van der Waals surface area contributed by atoms with Gasteiger partial charge in [0.05, 0.1) is 11.6 Å². The average Bonchev–Trinajstić information content (AvgIpc) is 3.31. The van der Waals surface area contributed by atoms with Crippen LogP contribution < -0.4 is 9.64 Å². The molecule has 172 valence electrons. The van der Waals surface area contributed by atoms with Gasteiger partial charge in [0.25, 0.3) is 11.7 Å². The van der Waals surface area contributed by atoms with Crippen LogP contribution in [0, 0.1) is 18.6 Å². The normalized spacial score (nSPS) is 21.0. The van der Waals surface area contributed by atoms with Crippen LogP contribution in [0.25, 0.3) is 5.76 Å². The maximum atomic E-state index is 14.1. The summed E-state index contributed by atoms with van der Waals surface area (Å²) in [4.78, 5) is 27.5. The van der Waals surface area contributed by atoms with Gasteiger partial charge in [-0.05, 0) is 60.9 Å². The molecule has 1 amide bonds. The summed E-state index contributed by atoms with van der Waals surface area (Å²) in [5, 5.41) is 11.3. The molecular formula is C27H21F2NO4. The third-order valence-electron chi connectivity index (χ3n) is 6.28. The quantitative estimate of drug-likeness (QED) is 0.330. The van der Waals surface area contributed by atoms with Crippen molar-refractivity contribution in [1.82, 2.24) is 0 Å². The number of fused-ring (bicyclic) bond motifs is 1. The molecule has 5 rings (SSSR count). The van der Waals surface area contributed by atoms with Gasteiger partial charge in [0.1, 0.15) is 17.6 Å². The van der Waals surface area contributed by atoms with Crippen molar-refractivity contribution >= 4 is 23.1 Å². The van der Waals surface area contributed by atoms with E-state index in [0.717, 1.165) is 28.2 Å². The standard InChI is InChI=1S/C27H21F2NO4/c1-14-5-3-4-6-19(14)24-23(25(31)16-7-10-22-17(12-16)11-15(2)34-22)26(32)27(33)30(24)18-8-9-20(28)21(29)13-18/h3-10,12-13,15,24,31H,11H2,1-2H3/b25-23+. The lowest BCUT2D eigenvalue weighted by molar-refractivity contribution is -0.132. The summed E-state index contributed by atoms with van der Waals surface area (Å²) in [6.07, 6.45) is 0.652. The highest BCUT2D eigenvalue weighted by molar-refractivity contribution is 6.51. The minimum atomic E-state index is -1.14. The zero-order chi connectivity index (χ0) is 24.1. The second kappa shape index (κ2) is 8.09. The molecular weight excluding hydrogens is 440 g/mol. The first kappa shape index (κ1) is 21.8. The second-order valence-electron chi connectivity index (χ2n) is 8.58. The molecule has 2 atom stereocenters. The Morgan fingerprint density at radius 2 is 1.79 bits per heavy atom. The molecule has 2 heterocycles. The van der Waals surface area contributed by atoms with Gasteiger partial charge in [-0.25, -0.2) is 8.78 Å². The lowest BCUT2D eigenvalue weighted by atomic mass is 9.92. The lowest BCUT2D eigenvalue weighted by Gasteiger charge is -2.26. The van der Waals surface area contributed by atoms with Crippen molar-refractivity contribution in [1.29, 1.82) is 0 Å². The first-order chi connectivity index (χ1) is 16.3. The molecule has 3 aromatic rings. The minimum Gasteiger partial charge on any atom is -0.507 e. The summed E-state index contributed by atoms with van der Waals surface area (Å²) < 4.78 is 33.4. The lowest BCUT2D eigenvalue weighted by Crippen LogP contribution is -2.30. The van der Waals surface area contributed by atoms with Gasteiger partial charge in [0.15, 0.2) is 11.6 Å². The molecule has 34 heavy (non-hydrogen) atoms. The Labute approximate surface area is 194 Å². The first-order valence-electron chi connectivity index (χ1n) is 10.9. The number of halogens is 2. The highest BCUT2D eigenvalue weighted by atomic mass is 19.2. The largest absolute Gasteiger partial charge is 0.507 e. The highest BCUT2D eigenvalue weighted by Crippen LogP contribution is 2.44. The van der Waals surface area contributed by atoms with E-state index in [9.17, 15) is 23.5 Å². The zero-order valence-corrected chi connectivity index (χ0v) is 18.5. The van der Waals surface area contributed by atoms with E-state index in [1.54, 1.807) is 30.3 Å². The topological polar surface area (TPSA) is 66.8 Å². The molecule has 0 aromatic heterocycles. The van der Waals surface area contributed by atoms with Gasteiger partial charge in [-0.3, -0.25) is 14.5 Å². The van der Waals surface area contributed by atoms with Gasteiger partial charge in [0.2, 0.25) is 0 Å². The van der Waals surface area contributed by atoms with Gasteiger partial charge < -0.3 is 9.84 Å². The Bertz CT molecular complexity index is 1380. The number of carbonyl (C=O) groups excluding carboxylic acids is 2. The van der Waals surface area contributed by atoms with Gasteiger partial charge in [-0.15, -0.1) is 0 Å². The fourth-order valence-electron chi connectivity index (χ4n) is 4.65. The Balaban J connectivity index is 1.71. The monoisotopic (exact) mass is 461 g/mol. The van der Waals surface area contributed by atoms with Crippen LogP contribution >= 0.6 is 0 Å². The molecule has 1 saturated heterocycles. The SMILES string of the molecule is Cc1ccccc1C1/C(=C(\O)c2ccc3c(c2)CC(C)O3)C(=O)C(=O)N1c1ccc(F)c(F)c1. The predicted octanol–water partition coefficient (Wildman–Crippen LogP) is 5.22. The molecule has 2 unspecified atom stereocenters. The van der Waals surface area contributed by atoms with Crippen LogP contribution in [-0.2, 0) is 16.0 Å². The number of anilines is 1. The molecule has 1 fully saturated rings. The maximum absolute atomic E-state index is 14.1. The fourth-order valence-corrected chi connectivity index (χ4v) is 4.65. The second-order valence-corrected chi connectivity index (χ2v) is 8.58. The molecule has 1 N–H and O–H groups in total. The molecule has 0 bridgehead atoms. The summed E-state index contributed by atoms with van der Waals surface area (Å²) in [5.41, 5.74) is 2.52. The van der Waals surface area contributed by atoms with Crippen molar-refractivity contribution in [3.05, 3.63) is 100 Å². The van der Waals surface area contributed by atoms with Crippen LogP contribution in [0.5, 0.6) is 5.75 Å². The molecule has 0 aliphatic carbocycles. The third kappa shape index (κ3) is 3.44. The molecule has 3 aromatic carbocycles. The predicted molar refractivity (Wildman–Crippen MR) is 123 cm³/mol. The van der Waals surface area contributed by atoms with E-state index in [-0.39, 0.29) is 23.1 Å². The minimum absolute atomic E-state index is 0.00156. The van der Waals surface area contributed by atoms with Crippen LogP contribution in [0.15, 0.2) is 66.2 Å². The van der Waals surface area contributed by atoms with Crippen LogP contribution in [0.3, 0.4) is 0 Å². The molecule has 0 spiro atoms. The number of rotatable bonds is 3. The summed E-state index contributed by atoms with van der Waals surface area (Å²) in [6.45, 7) is 3.75. The van der Waals surface area contributed by atoms with E-state index in [1.165, 1.54) is 6.07 Å². The molecule has 7 heteroatoms. The molecule has 0 radical (unpaired) electrons. The number of benzene rings is 3.